The van der Waals surface area contributed by atoms with Gasteiger partial charge in [-0.2, -0.15) is 0 Å². The van der Waals surface area contributed by atoms with Gasteiger partial charge in [0.1, 0.15) is 0 Å². The lowest BCUT2D eigenvalue weighted by molar-refractivity contribution is -0.138. The summed E-state index contributed by atoms with van der Waals surface area (Å²) in [5.41, 5.74) is 2.12. The molecule has 0 bridgehead atoms. The second-order valence-electron chi connectivity index (χ2n) is 4.98. The number of pyridine rings is 1. The third-order valence-electron chi connectivity index (χ3n) is 3.57. The average Bonchev–Trinajstić information content (AvgIpc) is 2.73. The van der Waals surface area contributed by atoms with Gasteiger partial charge in [0.2, 0.25) is 11.8 Å². The number of carbonyl (C=O) groups is 2. The zero-order valence-corrected chi connectivity index (χ0v) is 12.1. The predicted octanol–water partition coefficient (Wildman–Crippen LogP) is 1.27. The van der Waals surface area contributed by atoms with Crippen LogP contribution in [0.25, 0.3) is 0 Å². The highest BCUT2D eigenvalue weighted by molar-refractivity contribution is 6.05. The molecule has 2 heterocycles. The standard InChI is InChI=1S/C15H21N3O2/c1-3-8-18-14(19)9-12(15(18)20)17-10-13-11(4-2)6-5-7-16-13/h5-7,12,17H,3-4,8-10H2,1-2H3. The molecular weight excluding hydrogens is 254 g/mol. The maximum Gasteiger partial charge on any atom is 0.246 e. The minimum Gasteiger partial charge on any atom is -0.300 e. The fourth-order valence-corrected chi connectivity index (χ4v) is 2.47. The van der Waals surface area contributed by atoms with Crippen LogP contribution in [0.3, 0.4) is 0 Å². The molecule has 0 radical (unpaired) electrons. The Morgan fingerprint density at radius 1 is 1.40 bits per heavy atom. The molecule has 5 nitrogen and oxygen atoms in total. The van der Waals surface area contributed by atoms with E-state index in [0.29, 0.717) is 13.1 Å². The first-order valence-electron chi connectivity index (χ1n) is 7.17. The van der Waals surface area contributed by atoms with E-state index in [9.17, 15) is 9.59 Å². The maximum atomic E-state index is 12.1. The van der Waals surface area contributed by atoms with E-state index in [1.54, 1.807) is 6.20 Å². The number of nitrogens with one attached hydrogen (secondary N) is 1. The van der Waals surface area contributed by atoms with E-state index in [0.717, 1.165) is 18.5 Å². The quantitative estimate of drug-likeness (QED) is 0.794. The summed E-state index contributed by atoms with van der Waals surface area (Å²) in [6.07, 6.45) is 3.71. The van der Waals surface area contributed by atoms with Crippen LogP contribution in [0.1, 0.15) is 37.9 Å². The monoisotopic (exact) mass is 275 g/mol. The van der Waals surface area contributed by atoms with Gasteiger partial charge >= 0.3 is 0 Å². The van der Waals surface area contributed by atoms with E-state index >= 15 is 0 Å². The van der Waals surface area contributed by atoms with Crippen molar-refractivity contribution < 1.29 is 9.59 Å². The fraction of sp³-hybridized carbons (Fsp3) is 0.533. The molecule has 1 aliphatic heterocycles. The molecule has 1 N–H and O–H groups in total. The molecule has 0 aromatic carbocycles. The lowest BCUT2D eigenvalue weighted by Gasteiger charge is -2.14. The van der Waals surface area contributed by atoms with Gasteiger partial charge in [-0.05, 0) is 24.5 Å². The molecule has 1 aromatic heterocycles. The number of likely N-dealkylation sites (tertiary alicyclic amines) is 1. The van der Waals surface area contributed by atoms with Crippen LogP contribution in [-0.4, -0.2) is 34.3 Å². The second kappa shape index (κ2) is 6.61. The van der Waals surface area contributed by atoms with E-state index in [1.807, 2.05) is 19.1 Å². The number of hydrogen-bond acceptors (Lipinski definition) is 4. The molecule has 1 aromatic rings. The fourth-order valence-electron chi connectivity index (χ4n) is 2.47. The van der Waals surface area contributed by atoms with E-state index in [4.69, 9.17) is 0 Å². The second-order valence-corrected chi connectivity index (χ2v) is 4.98. The lowest BCUT2D eigenvalue weighted by atomic mass is 10.1. The smallest absolute Gasteiger partial charge is 0.246 e. The van der Waals surface area contributed by atoms with Crippen LogP contribution in [-0.2, 0) is 22.6 Å². The minimum atomic E-state index is -0.402. The maximum absolute atomic E-state index is 12.1. The van der Waals surface area contributed by atoms with Crippen molar-refractivity contribution in [1.82, 2.24) is 15.2 Å². The third kappa shape index (κ3) is 3.04. The molecule has 0 spiro atoms. The van der Waals surface area contributed by atoms with Gasteiger partial charge in [0.25, 0.3) is 0 Å². The first-order valence-corrected chi connectivity index (χ1v) is 7.17. The summed E-state index contributed by atoms with van der Waals surface area (Å²) in [6, 6.07) is 3.55. The summed E-state index contributed by atoms with van der Waals surface area (Å²) in [4.78, 5) is 29.6. The van der Waals surface area contributed by atoms with Crippen molar-refractivity contribution in [3.05, 3.63) is 29.6 Å². The van der Waals surface area contributed by atoms with E-state index in [-0.39, 0.29) is 18.2 Å². The van der Waals surface area contributed by atoms with Crippen molar-refractivity contribution in [2.75, 3.05) is 6.54 Å². The van der Waals surface area contributed by atoms with Gasteiger partial charge in [0.05, 0.1) is 18.2 Å². The highest BCUT2D eigenvalue weighted by Crippen LogP contribution is 2.14. The summed E-state index contributed by atoms with van der Waals surface area (Å²) in [6.45, 7) is 5.07. The number of aromatic nitrogens is 1. The molecule has 2 amide bonds. The Morgan fingerprint density at radius 2 is 2.20 bits per heavy atom. The lowest BCUT2D eigenvalue weighted by Crippen LogP contribution is -2.39. The highest BCUT2D eigenvalue weighted by Gasteiger charge is 2.37. The number of amides is 2. The highest BCUT2D eigenvalue weighted by atomic mass is 16.2. The van der Waals surface area contributed by atoms with Gasteiger partial charge in [-0.15, -0.1) is 0 Å². The summed E-state index contributed by atoms with van der Waals surface area (Å²) in [7, 11) is 0. The third-order valence-corrected chi connectivity index (χ3v) is 3.57. The zero-order chi connectivity index (χ0) is 14.5. The Hall–Kier alpha value is -1.75. The van der Waals surface area contributed by atoms with Crippen LogP contribution >= 0.6 is 0 Å². The van der Waals surface area contributed by atoms with Crippen molar-refractivity contribution in [1.29, 1.82) is 0 Å². The van der Waals surface area contributed by atoms with E-state index in [1.165, 1.54) is 10.5 Å². The van der Waals surface area contributed by atoms with Crippen LogP contribution in [0, 0.1) is 0 Å². The first kappa shape index (κ1) is 14.7. The van der Waals surface area contributed by atoms with Gasteiger partial charge in [0, 0.05) is 19.3 Å². The summed E-state index contributed by atoms with van der Waals surface area (Å²) in [5, 5.41) is 3.17. The van der Waals surface area contributed by atoms with Crippen LogP contribution < -0.4 is 5.32 Å². The largest absolute Gasteiger partial charge is 0.300 e. The van der Waals surface area contributed by atoms with Gasteiger partial charge in [-0.25, -0.2) is 0 Å². The molecule has 1 unspecified atom stereocenters. The predicted molar refractivity (Wildman–Crippen MR) is 75.9 cm³/mol. The number of aryl methyl sites for hydroxylation is 1. The van der Waals surface area contributed by atoms with Gasteiger partial charge < -0.3 is 0 Å². The van der Waals surface area contributed by atoms with Crippen LogP contribution in [0.2, 0.25) is 0 Å². The molecule has 1 fully saturated rings. The SMILES string of the molecule is CCCN1C(=O)CC(NCc2ncccc2CC)C1=O. The normalized spacial score (nSPS) is 18.9. The Labute approximate surface area is 119 Å². The van der Waals surface area contributed by atoms with Gasteiger partial charge in [-0.1, -0.05) is 19.9 Å². The van der Waals surface area contributed by atoms with Crippen molar-refractivity contribution in [3.63, 3.8) is 0 Å². The molecule has 0 saturated carbocycles. The number of carbonyl (C=O) groups excluding carboxylic acids is 2. The molecule has 0 aliphatic carbocycles. The molecule has 2 rings (SSSR count). The molecule has 5 heteroatoms. The van der Waals surface area contributed by atoms with Gasteiger partial charge in [0.15, 0.2) is 0 Å². The number of hydrogen-bond donors (Lipinski definition) is 1. The number of nitrogens with zero attached hydrogens (tertiary/aromatic N) is 2. The number of imide groups is 1. The Bertz CT molecular complexity index is 502. The number of rotatable bonds is 6. The van der Waals surface area contributed by atoms with Crippen LogP contribution in [0.4, 0.5) is 0 Å². The van der Waals surface area contributed by atoms with Crippen molar-refractivity contribution in [3.8, 4) is 0 Å². The topological polar surface area (TPSA) is 62.3 Å². The van der Waals surface area contributed by atoms with Crippen LogP contribution in [0.5, 0.6) is 0 Å². The molecule has 1 atom stereocenters. The molecule has 1 aliphatic rings. The molecule has 20 heavy (non-hydrogen) atoms. The Morgan fingerprint density at radius 3 is 2.90 bits per heavy atom. The molecule has 108 valence electrons. The first-order chi connectivity index (χ1) is 9.67. The van der Waals surface area contributed by atoms with E-state index in [2.05, 4.69) is 17.2 Å². The van der Waals surface area contributed by atoms with Crippen molar-refractivity contribution in [2.24, 2.45) is 0 Å². The van der Waals surface area contributed by atoms with Crippen LogP contribution in [0.15, 0.2) is 18.3 Å². The summed E-state index contributed by atoms with van der Waals surface area (Å²) in [5.74, 6) is -0.183. The van der Waals surface area contributed by atoms with Crippen molar-refractivity contribution >= 4 is 11.8 Å². The van der Waals surface area contributed by atoms with Crippen molar-refractivity contribution in [2.45, 2.75) is 45.7 Å². The minimum absolute atomic E-state index is 0.0777. The molecule has 1 saturated heterocycles. The van der Waals surface area contributed by atoms with E-state index < -0.39 is 6.04 Å². The van der Waals surface area contributed by atoms with Gasteiger partial charge in [-0.3, -0.25) is 24.8 Å². The summed E-state index contributed by atoms with van der Waals surface area (Å²) >= 11 is 0. The average molecular weight is 275 g/mol. The zero-order valence-electron chi connectivity index (χ0n) is 12.1. The Balaban J connectivity index is 1.98. The Kier molecular flexibility index (Phi) is 4.84. The summed E-state index contributed by atoms with van der Waals surface area (Å²) < 4.78 is 0. The molecular formula is C15H21N3O2.